The fourth-order valence-electron chi connectivity index (χ4n) is 8.47. The molecular formula is C44H54F2N10O3. The number of aliphatic imine (C=N–C) groups is 1. The van der Waals surface area contributed by atoms with Gasteiger partial charge in [-0.25, -0.2) is 8.78 Å². The number of halogens is 2. The van der Waals surface area contributed by atoms with E-state index in [-0.39, 0.29) is 41.8 Å². The second kappa shape index (κ2) is 19.4. The summed E-state index contributed by atoms with van der Waals surface area (Å²) in [6.07, 6.45) is 9.04. The summed E-state index contributed by atoms with van der Waals surface area (Å²) in [5.41, 5.74) is 10.6. The van der Waals surface area contributed by atoms with Gasteiger partial charge in [0, 0.05) is 111 Å². The van der Waals surface area contributed by atoms with Crippen molar-refractivity contribution in [3.8, 4) is 6.07 Å². The fourth-order valence-corrected chi connectivity index (χ4v) is 8.47. The first kappa shape index (κ1) is 42.9. The number of likely N-dealkylation sites (N-methyl/N-ethyl adjacent to an activating group) is 1. The molecule has 3 fully saturated rings. The zero-order chi connectivity index (χ0) is 42.2. The van der Waals surface area contributed by atoms with E-state index in [1.165, 1.54) is 25.3 Å². The summed E-state index contributed by atoms with van der Waals surface area (Å²) in [5.74, 6) is -3.36. The molecule has 1 aromatic heterocycles. The van der Waals surface area contributed by atoms with Crippen molar-refractivity contribution >= 4 is 53.7 Å². The molecule has 0 radical (unpaired) electrons. The van der Waals surface area contributed by atoms with Crippen molar-refractivity contribution in [2.75, 3.05) is 62.3 Å². The number of hydrogen-bond donors (Lipinski definition) is 5. The number of rotatable bonds is 15. The third kappa shape index (κ3) is 10.1. The number of nitrogens with one attached hydrogen (secondary N) is 4. The predicted molar refractivity (Wildman–Crippen MR) is 227 cm³/mol. The molecule has 13 nitrogen and oxygen atoms in total. The van der Waals surface area contributed by atoms with Crippen molar-refractivity contribution in [3.05, 3.63) is 81.7 Å². The van der Waals surface area contributed by atoms with Gasteiger partial charge < -0.3 is 36.5 Å². The van der Waals surface area contributed by atoms with Crippen LogP contribution >= 0.6 is 0 Å². The number of aldehydes is 1. The molecule has 15 heteroatoms. The van der Waals surface area contributed by atoms with Crippen molar-refractivity contribution in [2.24, 2.45) is 4.99 Å². The van der Waals surface area contributed by atoms with Gasteiger partial charge in [0.25, 0.3) is 5.91 Å². The number of H-pyrrole nitrogens is 1. The van der Waals surface area contributed by atoms with Crippen molar-refractivity contribution in [3.63, 3.8) is 0 Å². The molecule has 1 saturated carbocycles. The standard InChI is InChI=1S/C44H54F2N10O3/c1-27(2)36-21-39(49)29(18-41(36)53-44(59)40-11-8-31(52-40)17-28(22-47)23-48)24-51-30-6-9-32(10-7-30)54-12-14-55(15-13-54)34-25-56(26-34)33-19-37(45)42(38(46)20-33)35(5-4-16-57)43(58)50-3/h8,11,16-22,24,27,30,32,34-35,47,52H,4-7,9-10,12-15,25-26,49H2,1-3H3,(H,50,58)(H,53,59)/b28-17+,47-22?,51-24?/t30?,32?,35-/m1/s1. The van der Waals surface area contributed by atoms with Gasteiger partial charge in [-0.05, 0) is 86.1 Å². The minimum atomic E-state index is -1.07. The largest absolute Gasteiger partial charge is 0.398 e. The Hall–Kier alpha value is -5.72. The van der Waals surface area contributed by atoms with Crippen LogP contribution in [0.2, 0.25) is 0 Å². The van der Waals surface area contributed by atoms with Crippen LogP contribution in [-0.2, 0) is 9.59 Å². The highest BCUT2D eigenvalue weighted by atomic mass is 19.1. The number of carbonyl (C=O) groups excluding carboxylic acids is 3. The van der Waals surface area contributed by atoms with Gasteiger partial charge in [0.05, 0.1) is 17.5 Å². The second-order valence-corrected chi connectivity index (χ2v) is 16.0. The van der Waals surface area contributed by atoms with Gasteiger partial charge in [-0.3, -0.25) is 24.4 Å². The summed E-state index contributed by atoms with van der Waals surface area (Å²) in [5, 5.41) is 21.9. The van der Waals surface area contributed by atoms with Gasteiger partial charge in [-0.15, -0.1) is 0 Å². The number of benzene rings is 2. The van der Waals surface area contributed by atoms with Crippen molar-refractivity contribution < 1.29 is 23.2 Å². The van der Waals surface area contributed by atoms with E-state index in [2.05, 4.69) is 25.4 Å². The third-order valence-electron chi connectivity index (χ3n) is 11.9. The summed E-state index contributed by atoms with van der Waals surface area (Å²) in [6, 6.07) is 12.6. The van der Waals surface area contributed by atoms with Gasteiger partial charge in [0.1, 0.15) is 29.7 Å². The minimum Gasteiger partial charge on any atom is -0.398 e. The molecule has 1 atom stereocenters. The van der Waals surface area contributed by atoms with E-state index >= 15 is 8.78 Å². The van der Waals surface area contributed by atoms with Crippen molar-refractivity contribution in [1.29, 1.82) is 10.7 Å². The minimum absolute atomic E-state index is 0.0324. The molecule has 2 saturated heterocycles. The molecule has 3 aromatic rings. The highest BCUT2D eigenvalue weighted by Crippen LogP contribution is 2.34. The first-order chi connectivity index (χ1) is 28.4. The Morgan fingerprint density at radius 2 is 1.69 bits per heavy atom. The van der Waals surface area contributed by atoms with E-state index in [9.17, 15) is 14.4 Å². The van der Waals surface area contributed by atoms with Crippen LogP contribution in [0.25, 0.3) is 6.08 Å². The Kier molecular flexibility index (Phi) is 14.1. The van der Waals surface area contributed by atoms with E-state index in [0.29, 0.717) is 59.9 Å². The van der Waals surface area contributed by atoms with Gasteiger partial charge in [-0.1, -0.05) is 13.8 Å². The normalized spacial score (nSPS) is 19.9. The Morgan fingerprint density at radius 3 is 2.29 bits per heavy atom. The van der Waals surface area contributed by atoms with Crippen LogP contribution in [0.1, 0.15) is 97.1 Å². The summed E-state index contributed by atoms with van der Waals surface area (Å²) in [4.78, 5) is 51.5. The highest BCUT2D eigenvalue weighted by Gasteiger charge is 2.37. The van der Waals surface area contributed by atoms with E-state index < -0.39 is 23.5 Å². The molecular weight excluding hydrogens is 755 g/mol. The number of aromatic nitrogens is 1. The van der Waals surface area contributed by atoms with Crippen LogP contribution in [0.3, 0.4) is 0 Å². The molecule has 6 N–H and O–H groups in total. The maximum Gasteiger partial charge on any atom is 0.272 e. The lowest BCUT2D eigenvalue weighted by Crippen LogP contribution is -2.64. The van der Waals surface area contributed by atoms with Gasteiger partial charge >= 0.3 is 0 Å². The number of allylic oxidation sites excluding steroid dienone is 1. The summed E-state index contributed by atoms with van der Waals surface area (Å²) >= 11 is 0. The molecule has 1 aliphatic carbocycles. The maximum absolute atomic E-state index is 15.2. The predicted octanol–water partition coefficient (Wildman–Crippen LogP) is 5.85. The number of carbonyl (C=O) groups is 3. The van der Waals surface area contributed by atoms with Gasteiger partial charge in [0.2, 0.25) is 5.91 Å². The molecule has 3 heterocycles. The summed E-state index contributed by atoms with van der Waals surface area (Å²) < 4.78 is 30.5. The molecule has 3 aliphatic rings. The molecule has 0 spiro atoms. The van der Waals surface area contributed by atoms with Crippen LogP contribution < -0.4 is 21.3 Å². The molecule has 0 bridgehead atoms. The number of amides is 2. The van der Waals surface area contributed by atoms with Crippen molar-refractivity contribution in [2.45, 2.75) is 82.3 Å². The molecule has 6 rings (SSSR count). The van der Waals surface area contributed by atoms with E-state index in [0.717, 1.165) is 69.2 Å². The Bertz CT molecular complexity index is 2100. The topological polar surface area (TPSA) is 187 Å². The molecule has 2 aliphatic heterocycles. The van der Waals surface area contributed by atoms with E-state index in [1.807, 2.05) is 43.2 Å². The molecule has 2 amide bonds. The quantitative estimate of drug-likeness (QED) is 0.0548. The number of anilines is 3. The molecule has 312 valence electrons. The first-order valence-electron chi connectivity index (χ1n) is 20.4. The maximum atomic E-state index is 15.2. The zero-order valence-electron chi connectivity index (χ0n) is 33.9. The fraction of sp³-hybridized carbons (Fsp3) is 0.455. The Morgan fingerprint density at radius 1 is 1.03 bits per heavy atom. The van der Waals surface area contributed by atoms with Crippen LogP contribution in [0.4, 0.5) is 25.8 Å². The monoisotopic (exact) mass is 808 g/mol. The molecule has 59 heavy (non-hydrogen) atoms. The SMILES string of the molecule is CNC(=O)[C@H](CCC=O)c1c(F)cc(N2CC(N3CCN(C4CCC(N=Cc5cc(NC(=O)c6ccc(/C=C(/C#N)C=N)[nH]6)c(C(C)C)cc5N)CC4)CC3)C2)cc1F. The highest BCUT2D eigenvalue weighted by molar-refractivity contribution is 6.05. The summed E-state index contributed by atoms with van der Waals surface area (Å²) in [6.45, 7) is 9.22. The number of piperazine rings is 1. The Balaban J connectivity index is 0.980. The lowest BCUT2D eigenvalue weighted by molar-refractivity contribution is -0.122. The van der Waals surface area contributed by atoms with Gasteiger partial charge in [0.15, 0.2) is 0 Å². The lowest BCUT2D eigenvalue weighted by atomic mass is 9.90. The zero-order valence-corrected chi connectivity index (χ0v) is 33.9. The summed E-state index contributed by atoms with van der Waals surface area (Å²) in [7, 11) is 1.41. The molecule has 2 aromatic carbocycles. The lowest BCUT2D eigenvalue weighted by Gasteiger charge is -2.50. The Labute approximate surface area is 344 Å². The first-order valence-corrected chi connectivity index (χ1v) is 20.4. The third-order valence-corrected chi connectivity index (χ3v) is 11.9. The number of nitrogens with two attached hydrogens (primary N) is 1. The van der Waals surface area contributed by atoms with Crippen LogP contribution in [0, 0.1) is 28.4 Å². The number of nitrogens with zero attached hydrogens (tertiary/aromatic N) is 5. The number of nitriles is 1. The van der Waals surface area contributed by atoms with E-state index in [1.54, 1.807) is 12.1 Å². The average Bonchev–Trinajstić information content (AvgIpc) is 3.69. The number of hydrogen-bond acceptors (Lipinski definition) is 10. The molecule has 0 unspecified atom stereocenters. The number of nitrogen functional groups attached to an aromatic ring is 1. The smallest absolute Gasteiger partial charge is 0.272 e. The van der Waals surface area contributed by atoms with Crippen molar-refractivity contribution in [1.82, 2.24) is 20.1 Å². The van der Waals surface area contributed by atoms with Crippen LogP contribution in [0.5, 0.6) is 0 Å². The van der Waals surface area contributed by atoms with Gasteiger partial charge in [-0.2, -0.15) is 5.26 Å². The van der Waals surface area contributed by atoms with Crippen LogP contribution in [-0.4, -0.2) is 110 Å². The van der Waals surface area contributed by atoms with Crippen LogP contribution in [0.15, 0.2) is 47.0 Å². The average molecular weight is 809 g/mol. The second-order valence-electron chi connectivity index (χ2n) is 16.0. The van der Waals surface area contributed by atoms with E-state index in [4.69, 9.17) is 21.4 Å². The number of aromatic amines is 1.